The van der Waals surface area contributed by atoms with Crippen molar-refractivity contribution in [3.8, 4) is 0 Å². The molecular formula is C20H30N2O2. The number of carbonyl (C=O) groups excluding carboxylic acids is 1. The molecule has 1 aromatic rings. The molecule has 2 fully saturated rings. The Morgan fingerprint density at radius 2 is 1.79 bits per heavy atom. The summed E-state index contributed by atoms with van der Waals surface area (Å²) in [4.78, 5) is 14.7. The van der Waals surface area contributed by atoms with Crippen LogP contribution in [0.5, 0.6) is 0 Å². The number of rotatable bonds is 4. The highest BCUT2D eigenvalue weighted by molar-refractivity contribution is 5.95. The average molecular weight is 330 g/mol. The lowest BCUT2D eigenvalue weighted by Crippen LogP contribution is -2.39. The number of hydrogen-bond acceptors (Lipinski definition) is 3. The van der Waals surface area contributed by atoms with Gasteiger partial charge in [-0.15, -0.1) is 0 Å². The van der Waals surface area contributed by atoms with Gasteiger partial charge in [0, 0.05) is 37.0 Å². The zero-order chi connectivity index (χ0) is 16.8. The number of anilines is 1. The number of amides is 1. The molecule has 3 rings (SSSR count). The molecule has 0 unspecified atom stereocenters. The first kappa shape index (κ1) is 17.3. The van der Waals surface area contributed by atoms with Crippen molar-refractivity contribution in [1.29, 1.82) is 0 Å². The minimum Gasteiger partial charge on any atom is -0.396 e. The van der Waals surface area contributed by atoms with Gasteiger partial charge in [0.2, 0.25) is 0 Å². The van der Waals surface area contributed by atoms with E-state index in [1.165, 1.54) is 38.5 Å². The number of aliphatic hydroxyl groups is 1. The molecule has 0 bridgehead atoms. The van der Waals surface area contributed by atoms with Crippen LogP contribution in [0.4, 0.5) is 5.69 Å². The summed E-state index contributed by atoms with van der Waals surface area (Å²) in [5.41, 5.74) is 1.84. The molecule has 1 aliphatic carbocycles. The van der Waals surface area contributed by atoms with Gasteiger partial charge in [-0.25, -0.2) is 0 Å². The van der Waals surface area contributed by atoms with Crippen LogP contribution >= 0.6 is 0 Å². The molecule has 132 valence electrons. The maximum absolute atomic E-state index is 12.7. The number of hydrogen-bond donors (Lipinski definition) is 2. The Hall–Kier alpha value is -1.55. The summed E-state index contributed by atoms with van der Waals surface area (Å²) >= 11 is 0. The molecule has 0 radical (unpaired) electrons. The number of aliphatic hydroxyl groups excluding tert-OH is 1. The number of likely N-dealkylation sites (tertiary alicyclic amines) is 1. The second-order valence-electron chi connectivity index (χ2n) is 7.33. The minimum absolute atomic E-state index is 0.121. The Labute approximate surface area is 145 Å². The van der Waals surface area contributed by atoms with Crippen LogP contribution in [0.1, 0.15) is 61.7 Å². The molecule has 2 N–H and O–H groups in total. The van der Waals surface area contributed by atoms with Gasteiger partial charge in [0.15, 0.2) is 0 Å². The summed E-state index contributed by atoms with van der Waals surface area (Å²) in [6.07, 6.45) is 9.57. The van der Waals surface area contributed by atoms with Crippen LogP contribution < -0.4 is 5.32 Å². The van der Waals surface area contributed by atoms with Gasteiger partial charge >= 0.3 is 0 Å². The van der Waals surface area contributed by atoms with Gasteiger partial charge in [-0.2, -0.15) is 0 Å². The standard InChI is InChI=1S/C20H30N2O2/c23-15-16-10-12-22(13-11-16)20(24)17-6-5-9-19(14-17)21-18-7-3-1-2-4-8-18/h5-6,9,14,16,18,21,23H,1-4,7-8,10-13,15H2. The van der Waals surface area contributed by atoms with Gasteiger partial charge in [0.25, 0.3) is 5.91 Å². The van der Waals surface area contributed by atoms with Gasteiger partial charge in [-0.05, 0) is 49.8 Å². The highest BCUT2D eigenvalue weighted by atomic mass is 16.3. The van der Waals surface area contributed by atoms with E-state index in [-0.39, 0.29) is 12.5 Å². The van der Waals surface area contributed by atoms with Crippen molar-refractivity contribution in [2.24, 2.45) is 5.92 Å². The van der Waals surface area contributed by atoms with Gasteiger partial charge in [0.05, 0.1) is 0 Å². The van der Waals surface area contributed by atoms with Crippen molar-refractivity contribution >= 4 is 11.6 Å². The average Bonchev–Trinajstić information content (AvgIpc) is 2.90. The maximum Gasteiger partial charge on any atom is 0.253 e. The lowest BCUT2D eigenvalue weighted by Gasteiger charge is -2.31. The van der Waals surface area contributed by atoms with E-state index in [0.717, 1.165) is 37.2 Å². The van der Waals surface area contributed by atoms with Crippen LogP contribution in [0.3, 0.4) is 0 Å². The number of piperidine rings is 1. The second kappa shape index (κ2) is 8.52. The fourth-order valence-electron chi connectivity index (χ4n) is 3.90. The monoisotopic (exact) mass is 330 g/mol. The predicted molar refractivity (Wildman–Crippen MR) is 97.3 cm³/mol. The third-order valence-electron chi connectivity index (χ3n) is 5.50. The van der Waals surface area contributed by atoms with E-state index < -0.39 is 0 Å². The summed E-state index contributed by atoms with van der Waals surface area (Å²) in [6.45, 7) is 1.75. The Morgan fingerprint density at radius 1 is 1.08 bits per heavy atom. The molecule has 4 nitrogen and oxygen atoms in total. The summed E-state index contributed by atoms with van der Waals surface area (Å²) in [6, 6.07) is 8.51. The van der Waals surface area contributed by atoms with Gasteiger partial charge in [0.1, 0.15) is 0 Å². The van der Waals surface area contributed by atoms with E-state index in [4.69, 9.17) is 0 Å². The zero-order valence-electron chi connectivity index (χ0n) is 14.5. The normalized spacial score (nSPS) is 20.6. The fourth-order valence-corrected chi connectivity index (χ4v) is 3.90. The molecular weight excluding hydrogens is 300 g/mol. The molecule has 1 saturated carbocycles. The van der Waals surface area contributed by atoms with E-state index >= 15 is 0 Å². The molecule has 1 aromatic carbocycles. The highest BCUT2D eigenvalue weighted by Gasteiger charge is 2.23. The van der Waals surface area contributed by atoms with Crippen molar-refractivity contribution in [2.45, 2.75) is 57.4 Å². The molecule has 24 heavy (non-hydrogen) atoms. The van der Waals surface area contributed by atoms with Crippen LogP contribution in [-0.4, -0.2) is 41.7 Å². The fraction of sp³-hybridized carbons (Fsp3) is 0.650. The van der Waals surface area contributed by atoms with Crippen molar-refractivity contribution in [1.82, 2.24) is 4.90 Å². The topological polar surface area (TPSA) is 52.6 Å². The number of nitrogens with one attached hydrogen (secondary N) is 1. The Balaban J connectivity index is 1.61. The zero-order valence-corrected chi connectivity index (χ0v) is 14.5. The van der Waals surface area contributed by atoms with Crippen LogP contribution in [-0.2, 0) is 0 Å². The molecule has 2 aliphatic rings. The first-order valence-electron chi connectivity index (χ1n) is 9.53. The van der Waals surface area contributed by atoms with Crippen molar-refractivity contribution in [3.05, 3.63) is 29.8 Å². The predicted octanol–water partition coefficient (Wildman–Crippen LogP) is 3.67. The smallest absolute Gasteiger partial charge is 0.253 e. The third kappa shape index (κ3) is 4.50. The Morgan fingerprint density at radius 3 is 2.46 bits per heavy atom. The van der Waals surface area contributed by atoms with E-state index in [9.17, 15) is 9.90 Å². The van der Waals surface area contributed by atoms with Crippen molar-refractivity contribution in [3.63, 3.8) is 0 Å². The molecule has 1 aliphatic heterocycles. The van der Waals surface area contributed by atoms with E-state index in [1.54, 1.807) is 0 Å². The SMILES string of the molecule is O=C(c1cccc(NC2CCCCCC2)c1)N1CCC(CO)CC1. The van der Waals surface area contributed by atoms with E-state index in [2.05, 4.69) is 11.4 Å². The third-order valence-corrected chi connectivity index (χ3v) is 5.50. The molecule has 4 heteroatoms. The van der Waals surface area contributed by atoms with Crippen LogP contribution in [0, 0.1) is 5.92 Å². The molecule has 0 atom stereocenters. The van der Waals surface area contributed by atoms with Crippen LogP contribution in [0.2, 0.25) is 0 Å². The maximum atomic E-state index is 12.7. The van der Waals surface area contributed by atoms with Crippen molar-refractivity contribution in [2.75, 3.05) is 25.0 Å². The summed E-state index contributed by atoms with van der Waals surface area (Å²) < 4.78 is 0. The first-order chi connectivity index (χ1) is 11.8. The minimum atomic E-state index is 0.121. The van der Waals surface area contributed by atoms with Gasteiger partial charge < -0.3 is 15.3 Å². The molecule has 0 aromatic heterocycles. The van der Waals surface area contributed by atoms with Gasteiger partial charge in [-0.1, -0.05) is 31.7 Å². The molecule has 1 heterocycles. The Bertz CT molecular complexity index is 530. The van der Waals surface area contributed by atoms with Crippen molar-refractivity contribution < 1.29 is 9.90 Å². The van der Waals surface area contributed by atoms with Crippen LogP contribution in [0.25, 0.3) is 0 Å². The number of benzene rings is 1. The van der Waals surface area contributed by atoms with Gasteiger partial charge in [-0.3, -0.25) is 4.79 Å². The first-order valence-corrected chi connectivity index (χ1v) is 9.53. The number of nitrogens with zero attached hydrogens (tertiary/aromatic N) is 1. The highest BCUT2D eigenvalue weighted by Crippen LogP contribution is 2.23. The second-order valence-corrected chi connectivity index (χ2v) is 7.33. The Kier molecular flexibility index (Phi) is 6.13. The molecule has 0 spiro atoms. The number of carbonyl (C=O) groups is 1. The van der Waals surface area contributed by atoms with E-state index in [0.29, 0.717) is 12.0 Å². The largest absolute Gasteiger partial charge is 0.396 e. The summed E-state index contributed by atoms with van der Waals surface area (Å²) in [5, 5.41) is 12.9. The lowest BCUT2D eigenvalue weighted by molar-refractivity contribution is 0.0651. The lowest BCUT2D eigenvalue weighted by atomic mass is 9.97. The summed E-state index contributed by atoms with van der Waals surface area (Å²) in [5.74, 6) is 0.480. The van der Waals surface area contributed by atoms with Crippen LogP contribution in [0.15, 0.2) is 24.3 Å². The molecule has 1 amide bonds. The molecule has 1 saturated heterocycles. The van der Waals surface area contributed by atoms with E-state index in [1.807, 2.05) is 23.1 Å². The summed E-state index contributed by atoms with van der Waals surface area (Å²) in [7, 11) is 0. The quantitative estimate of drug-likeness (QED) is 0.828.